The fourth-order valence-corrected chi connectivity index (χ4v) is 2.58. The molecule has 3 rings (SSSR count). The number of nitrogens with zero attached hydrogens (tertiary/aromatic N) is 2. The van der Waals surface area contributed by atoms with E-state index >= 15 is 0 Å². The number of amides is 1. The van der Waals surface area contributed by atoms with Crippen LogP contribution in [0.1, 0.15) is 6.42 Å². The summed E-state index contributed by atoms with van der Waals surface area (Å²) in [5, 5.41) is 6.39. The molecule has 0 aromatic carbocycles. The molecular weight excluding hydrogens is 272 g/mol. The monoisotopic (exact) mass is 288 g/mol. The van der Waals surface area contributed by atoms with E-state index in [1.165, 1.54) is 0 Å². The number of hydrogen-bond acceptors (Lipinski definition) is 5. The number of allylic oxidation sites excluding steroid dienone is 5. The molecule has 0 saturated carbocycles. The van der Waals surface area contributed by atoms with Crippen molar-refractivity contribution < 1.29 is 4.79 Å². The number of carbonyl (C=O) groups is 1. The van der Waals surface area contributed by atoms with Gasteiger partial charge in [-0.05, 0) is 17.7 Å². The van der Waals surface area contributed by atoms with Crippen LogP contribution in [0.2, 0.25) is 0 Å². The van der Waals surface area contributed by atoms with Crippen LogP contribution in [0.5, 0.6) is 0 Å². The first-order valence-corrected chi connectivity index (χ1v) is 7.12. The highest BCUT2D eigenvalue weighted by atomic mass is 32.1. The van der Waals surface area contributed by atoms with E-state index in [4.69, 9.17) is 12.2 Å². The standard InChI is InChI=1S/C14H16N4OS/c19-13-12(9-10-2-1-3-11(20)8-10)16-14(17-13)18-6-4-15-5-7-18/h1-2,8-9,15H,3-7H2,(H,16,17,19). The number of aliphatic imine (C=N–C) groups is 1. The molecule has 0 radical (unpaired) electrons. The van der Waals surface area contributed by atoms with Crippen molar-refractivity contribution in [1.29, 1.82) is 0 Å². The molecule has 5 nitrogen and oxygen atoms in total. The van der Waals surface area contributed by atoms with Crippen LogP contribution >= 0.6 is 12.2 Å². The third-order valence-electron chi connectivity index (χ3n) is 3.37. The van der Waals surface area contributed by atoms with E-state index < -0.39 is 0 Å². The molecule has 1 fully saturated rings. The molecule has 0 unspecified atom stereocenters. The summed E-state index contributed by atoms with van der Waals surface area (Å²) in [6.45, 7) is 3.55. The Balaban J connectivity index is 1.73. The van der Waals surface area contributed by atoms with E-state index in [1.54, 1.807) is 0 Å². The maximum Gasteiger partial charge on any atom is 0.296 e. The molecule has 104 valence electrons. The van der Waals surface area contributed by atoms with Gasteiger partial charge in [0, 0.05) is 37.5 Å². The molecule has 0 spiro atoms. The minimum absolute atomic E-state index is 0.218. The number of thiocarbonyl (C=S) groups is 1. The molecule has 0 aromatic heterocycles. The van der Waals surface area contributed by atoms with Crippen molar-refractivity contribution in [2.75, 3.05) is 26.2 Å². The molecule has 2 heterocycles. The van der Waals surface area contributed by atoms with Crippen molar-refractivity contribution in [3.05, 3.63) is 35.6 Å². The first-order valence-electron chi connectivity index (χ1n) is 6.71. The highest BCUT2D eigenvalue weighted by Gasteiger charge is 2.25. The Kier molecular flexibility index (Phi) is 3.75. The lowest BCUT2D eigenvalue weighted by Crippen LogP contribution is -2.49. The van der Waals surface area contributed by atoms with Gasteiger partial charge in [-0.15, -0.1) is 0 Å². The lowest BCUT2D eigenvalue weighted by molar-refractivity contribution is -0.114. The molecule has 3 aliphatic rings. The summed E-state index contributed by atoms with van der Waals surface area (Å²) in [6.07, 6.45) is 8.50. The predicted molar refractivity (Wildman–Crippen MR) is 82.5 cm³/mol. The summed E-state index contributed by atoms with van der Waals surface area (Å²) in [4.78, 5) is 19.0. The summed E-state index contributed by atoms with van der Waals surface area (Å²) in [5.41, 5.74) is 1.45. The van der Waals surface area contributed by atoms with Gasteiger partial charge >= 0.3 is 0 Å². The van der Waals surface area contributed by atoms with E-state index in [1.807, 2.05) is 24.3 Å². The Hall–Kier alpha value is -1.79. The molecule has 20 heavy (non-hydrogen) atoms. The van der Waals surface area contributed by atoms with Crippen molar-refractivity contribution in [2.24, 2.45) is 4.99 Å². The topological polar surface area (TPSA) is 56.7 Å². The van der Waals surface area contributed by atoms with Gasteiger partial charge < -0.3 is 15.5 Å². The van der Waals surface area contributed by atoms with Crippen LogP contribution < -0.4 is 10.6 Å². The first-order chi connectivity index (χ1) is 9.72. The maximum atomic E-state index is 11.9. The second-order valence-electron chi connectivity index (χ2n) is 4.88. The average molecular weight is 288 g/mol. The van der Waals surface area contributed by atoms with Crippen LogP contribution in [0.4, 0.5) is 0 Å². The summed E-state index contributed by atoms with van der Waals surface area (Å²) >= 11 is 5.17. The zero-order valence-electron chi connectivity index (χ0n) is 11.1. The fraction of sp³-hybridized carbons (Fsp3) is 0.357. The zero-order chi connectivity index (χ0) is 13.9. The van der Waals surface area contributed by atoms with E-state index in [0.29, 0.717) is 11.7 Å². The first kappa shape index (κ1) is 13.2. The Morgan fingerprint density at radius 3 is 2.90 bits per heavy atom. The lowest BCUT2D eigenvalue weighted by atomic mass is 10.1. The van der Waals surface area contributed by atoms with E-state index in [9.17, 15) is 4.79 Å². The van der Waals surface area contributed by atoms with Gasteiger partial charge in [-0.25, -0.2) is 0 Å². The number of carbonyl (C=O) groups excluding carboxylic acids is 1. The van der Waals surface area contributed by atoms with Crippen molar-refractivity contribution in [3.63, 3.8) is 0 Å². The molecule has 0 aromatic rings. The third-order valence-corrected chi connectivity index (χ3v) is 3.65. The number of hydrogen-bond donors (Lipinski definition) is 2. The summed E-state index contributed by atoms with van der Waals surface area (Å²) < 4.78 is 0. The van der Waals surface area contributed by atoms with E-state index in [0.717, 1.165) is 43.0 Å². The molecule has 1 aliphatic carbocycles. The molecule has 2 N–H and O–H groups in total. The minimum Gasteiger partial charge on any atom is -0.340 e. The van der Waals surface area contributed by atoms with E-state index in [-0.39, 0.29) is 5.91 Å². The Bertz CT molecular complexity index is 568. The number of guanidine groups is 1. The molecule has 1 saturated heterocycles. The maximum absolute atomic E-state index is 11.9. The highest BCUT2D eigenvalue weighted by molar-refractivity contribution is 7.80. The van der Waals surface area contributed by atoms with Crippen molar-refractivity contribution >= 4 is 28.9 Å². The lowest BCUT2D eigenvalue weighted by Gasteiger charge is -2.28. The summed E-state index contributed by atoms with van der Waals surface area (Å²) in [5.74, 6) is 0.440. The van der Waals surface area contributed by atoms with Crippen LogP contribution in [-0.4, -0.2) is 47.8 Å². The molecule has 6 heteroatoms. The van der Waals surface area contributed by atoms with Gasteiger partial charge in [0.05, 0.1) is 0 Å². The SMILES string of the molecule is O=C1N=C(N2CCNCC2)NC1=CC1=CC(=S)CC=C1. The van der Waals surface area contributed by atoms with Crippen LogP contribution in [-0.2, 0) is 4.79 Å². The third kappa shape index (κ3) is 2.86. The quantitative estimate of drug-likeness (QED) is 0.544. The second kappa shape index (κ2) is 5.68. The van der Waals surface area contributed by atoms with Gasteiger partial charge in [-0.3, -0.25) is 4.79 Å². The van der Waals surface area contributed by atoms with Gasteiger partial charge in [0.1, 0.15) is 5.70 Å². The molecule has 1 amide bonds. The van der Waals surface area contributed by atoms with Crippen molar-refractivity contribution in [2.45, 2.75) is 6.42 Å². The molecule has 2 aliphatic heterocycles. The van der Waals surface area contributed by atoms with Gasteiger partial charge in [0.15, 0.2) is 0 Å². The van der Waals surface area contributed by atoms with E-state index in [2.05, 4.69) is 20.5 Å². The fourth-order valence-electron chi connectivity index (χ4n) is 2.34. The Morgan fingerprint density at radius 2 is 2.15 bits per heavy atom. The summed E-state index contributed by atoms with van der Waals surface area (Å²) in [6, 6.07) is 0. The van der Waals surface area contributed by atoms with Crippen LogP contribution in [0.25, 0.3) is 0 Å². The molecule has 0 bridgehead atoms. The van der Waals surface area contributed by atoms with Crippen LogP contribution in [0.3, 0.4) is 0 Å². The zero-order valence-corrected chi connectivity index (χ0v) is 11.9. The Labute approximate surface area is 123 Å². The number of nitrogens with one attached hydrogen (secondary N) is 2. The minimum atomic E-state index is -0.218. The van der Waals surface area contributed by atoms with Crippen LogP contribution in [0, 0.1) is 0 Å². The average Bonchev–Trinajstić information content (AvgIpc) is 2.81. The number of rotatable bonds is 1. The summed E-state index contributed by atoms with van der Waals surface area (Å²) in [7, 11) is 0. The van der Waals surface area contributed by atoms with Crippen molar-refractivity contribution in [3.8, 4) is 0 Å². The largest absolute Gasteiger partial charge is 0.340 e. The number of piperazine rings is 1. The van der Waals surface area contributed by atoms with Gasteiger partial charge in [0.25, 0.3) is 5.91 Å². The predicted octanol–water partition coefficient (Wildman–Crippen LogP) is 0.518. The molecule has 0 atom stereocenters. The molecular formula is C14H16N4OS. The Morgan fingerprint density at radius 1 is 1.35 bits per heavy atom. The van der Waals surface area contributed by atoms with Crippen molar-refractivity contribution in [1.82, 2.24) is 15.5 Å². The van der Waals surface area contributed by atoms with Gasteiger partial charge in [-0.1, -0.05) is 24.4 Å². The second-order valence-corrected chi connectivity index (χ2v) is 5.40. The van der Waals surface area contributed by atoms with Gasteiger partial charge in [-0.2, -0.15) is 4.99 Å². The van der Waals surface area contributed by atoms with Gasteiger partial charge in [0.2, 0.25) is 5.96 Å². The normalized spacial score (nSPS) is 24.8. The van der Waals surface area contributed by atoms with Crippen LogP contribution in [0.15, 0.2) is 40.6 Å². The smallest absolute Gasteiger partial charge is 0.296 e. The highest BCUT2D eigenvalue weighted by Crippen LogP contribution is 2.14.